The summed E-state index contributed by atoms with van der Waals surface area (Å²) in [5.74, 6) is 0. The molecule has 0 aliphatic heterocycles. The zero-order chi connectivity index (χ0) is 15.8. The van der Waals surface area contributed by atoms with Crippen molar-refractivity contribution >= 4 is 11.6 Å². The molecular weight excluding hydrogens is 296 g/mol. The number of hydrogen-bond acceptors (Lipinski definition) is 3. The number of benzene rings is 2. The van der Waals surface area contributed by atoms with E-state index in [0.717, 1.165) is 23.6 Å². The van der Waals surface area contributed by atoms with Crippen molar-refractivity contribution in [1.82, 2.24) is 5.32 Å². The monoisotopic (exact) mass is 318 g/mol. The van der Waals surface area contributed by atoms with E-state index < -0.39 is 6.10 Å². The number of nitrogens with two attached hydrogens (primary N) is 1. The molecule has 0 heterocycles. The highest BCUT2D eigenvalue weighted by Crippen LogP contribution is 2.09. The lowest BCUT2D eigenvalue weighted by Crippen LogP contribution is -2.43. The van der Waals surface area contributed by atoms with Crippen molar-refractivity contribution in [2.24, 2.45) is 5.73 Å². The number of nitrogens with one attached hydrogen (secondary N) is 1. The lowest BCUT2D eigenvalue weighted by molar-refractivity contribution is 0.142. The van der Waals surface area contributed by atoms with E-state index in [1.165, 1.54) is 5.56 Å². The lowest BCUT2D eigenvalue weighted by atomic mass is 10.0. The predicted octanol–water partition coefficient (Wildman–Crippen LogP) is 2.40. The summed E-state index contributed by atoms with van der Waals surface area (Å²) < 4.78 is 0. The first-order valence-corrected chi connectivity index (χ1v) is 7.95. The standard InChI is InChI=1S/C18H23ClN2O/c19-16-8-6-14(7-9-16)10-11-21-13-18(22)17(20)12-15-4-2-1-3-5-15/h1-9,17-18,21-22H,10-13,20H2/t17-,18+/m0/s1. The SMILES string of the molecule is N[C@@H](Cc1ccccc1)[C@H](O)CNCCc1ccc(Cl)cc1. The number of aliphatic hydroxyl groups is 1. The minimum absolute atomic E-state index is 0.259. The fraction of sp³-hybridized carbons (Fsp3) is 0.333. The zero-order valence-electron chi connectivity index (χ0n) is 12.6. The molecule has 0 saturated heterocycles. The molecule has 0 aliphatic rings. The van der Waals surface area contributed by atoms with E-state index in [0.29, 0.717) is 13.0 Å². The van der Waals surface area contributed by atoms with Crippen LogP contribution in [-0.4, -0.2) is 30.3 Å². The molecule has 0 aliphatic carbocycles. The van der Waals surface area contributed by atoms with E-state index in [4.69, 9.17) is 17.3 Å². The van der Waals surface area contributed by atoms with Crippen LogP contribution in [0.3, 0.4) is 0 Å². The maximum Gasteiger partial charge on any atom is 0.0818 e. The van der Waals surface area contributed by atoms with Gasteiger partial charge in [0.05, 0.1) is 6.10 Å². The fourth-order valence-electron chi connectivity index (χ4n) is 2.31. The Morgan fingerprint density at radius 2 is 1.68 bits per heavy atom. The van der Waals surface area contributed by atoms with Crippen molar-refractivity contribution in [2.45, 2.75) is 25.0 Å². The van der Waals surface area contributed by atoms with Crippen LogP contribution in [0.1, 0.15) is 11.1 Å². The number of hydrogen-bond donors (Lipinski definition) is 3. The molecule has 3 nitrogen and oxygen atoms in total. The van der Waals surface area contributed by atoms with E-state index in [1.807, 2.05) is 54.6 Å². The van der Waals surface area contributed by atoms with Gasteiger partial charge in [-0.2, -0.15) is 0 Å². The Kier molecular flexibility index (Phi) is 6.87. The summed E-state index contributed by atoms with van der Waals surface area (Å²) >= 11 is 5.85. The largest absolute Gasteiger partial charge is 0.390 e. The third-order valence-electron chi connectivity index (χ3n) is 3.67. The Balaban J connectivity index is 1.66. The van der Waals surface area contributed by atoms with Crippen LogP contribution in [0.15, 0.2) is 54.6 Å². The van der Waals surface area contributed by atoms with Crippen molar-refractivity contribution in [1.29, 1.82) is 0 Å². The molecule has 4 heteroatoms. The molecule has 2 aromatic carbocycles. The quantitative estimate of drug-likeness (QED) is 0.655. The van der Waals surface area contributed by atoms with Crippen LogP contribution in [0, 0.1) is 0 Å². The van der Waals surface area contributed by atoms with Crippen molar-refractivity contribution in [3.05, 3.63) is 70.7 Å². The zero-order valence-corrected chi connectivity index (χ0v) is 13.3. The molecule has 0 bridgehead atoms. The van der Waals surface area contributed by atoms with E-state index in [-0.39, 0.29) is 6.04 Å². The summed E-state index contributed by atoms with van der Waals surface area (Å²) in [5.41, 5.74) is 8.43. The second-order valence-electron chi connectivity index (χ2n) is 5.50. The molecule has 0 amide bonds. The molecule has 0 spiro atoms. The van der Waals surface area contributed by atoms with E-state index in [1.54, 1.807) is 0 Å². The summed E-state index contributed by atoms with van der Waals surface area (Å²) in [7, 11) is 0. The van der Waals surface area contributed by atoms with Crippen LogP contribution in [0.5, 0.6) is 0 Å². The first-order chi connectivity index (χ1) is 10.6. The van der Waals surface area contributed by atoms with E-state index in [2.05, 4.69) is 5.32 Å². The van der Waals surface area contributed by atoms with Gasteiger partial charge in [0, 0.05) is 17.6 Å². The summed E-state index contributed by atoms with van der Waals surface area (Å²) in [4.78, 5) is 0. The Morgan fingerprint density at radius 1 is 1.00 bits per heavy atom. The highest BCUT2D eigenvalue weighted by molar-refractivity contribution is 6.30. The van der Waals surface area contributed by atoms with Crippen molar-refractivity contribution in [3.8, 4) is 0 Å². The van der Waals surface area contributed by atoms with Gasteiger partial charge < -0.3 is 16.2 Å². The van der Waals surface area contributed by atoms with Crippen LogP contribution in [0.25, 0.3) is 0 Å². The van der Waals surface area contributed by atoms with Crippen LogP contribution in [0.2, 0.25) is 5.02 Å². The average molecular weight is 319 g/mol. The van der Waals surface area contributed by atoms with Crippen molar-refractivity contribution in [2.75, 3.05) is 13.1 Å². The molecule has 118 valence electrons. The van der Waals surface area contributed by atoms with Gasteiger partial charge in [0.25, 0.3) is 0 Å². The lowest BCUT2D eigenvalue weighted by Gasteiger charge is -2.19. The second kappa shape index (κ2) is 8.91. The van der Waals surface area contributed by atoms with Gasteiger partial charge in [-0.15, -0.1) is 0 Å². The van der Waals surface area contributed by atoms with Gasteiger partial charge in [0.1, 0.15) is 0 Å². The first-order valence-electron chi connectivity index (χ1n) is 7.58. The van der Waals surface area contributed by atoms with Crippen LogP contribution < -0.4 is 11.1 Å². The van der Waals surface area contributed by atoms with Crippen LogP contribution >= 0.6 is 11.6 Å². The molecule has 0 unspecified atom stereocenters. The van der Waals surface area contributed by atoms with Crippen LogP contribution in [0.4, 0.5) is 0 Å². The van der Waals surface area contributed by atoms with Gasteiger partial charge >= 0.3 is 0 Å². The van der Waals surface area contributed by atoms with Gasteiger partial charge in [0.2, 0.25) is 0 Å². The Morgan fingerprint density at radius 3 is 2.36 bits per heavy atom. The molecule has 2 atom stereocenters. The molecule has 0 radical (unpaired) electrons. The topological polar surface area (TPSA) is 58.3 Å². The number of halogens is 1. The highest BCUT2D eigenvalue weighted by Gasteiger charge is 2.14. The van der Waals surface area contributed by atoms with Crippen LogP contribution in [-0.2, 0) is 12.8 Å². The summed E-state index contributed by atoms with van der Waals surface area (Å²) in [6, 6.07) is 17.6. The summed E-state index contributed by atoms with van der Waals surface area (Å²) in [6.45, 7) is 1.30. The van der Waals surface area contributed by atoms with Gasteiger partial charge in [-0.1, -0.05) is 54.1 Å². The van der Waals surface area contributed by atoms with Gasteiger partial charge in [0.15, 0.2) is 0 Å². The summed E-state index contributed by atoms with van der Waals surface area (Å²) in [6.07, 6.45) is 1.03. The van der Waals surface area contributed by atoms with Gasteiger partial charge in [-0.25, -0.2) is 0 Å². The smallest absolute Gasteiger partial charge is 0.0818 e. The molecule has 2 rings (SSSR count). The third-order valence-corrected chi connectivity index (χ3v) is 3.92. The molecule has 4 N–H and O–H groups in total. The minimum atomic E-state index is -0.551. The Bertz CT molecular complexity index is 545. The van der Waals surface area contributed by atoms with Crippen molar-refractivity contribution in [3.63, 3.8) is 0 Å². The van der Waals surface area contributed by atoms with E-state index >= 15 is 0 Å². The van der Waals surface area contributed by atoms with Crippen molar-refractivity contribution < 1.29 is 5.11 Å². The maximum absolute atomic E-state index is 10.1. The maximum atomic E-state index is 10.1. The molecule has 0 saturated carbocycles. The molecule has 0 fully saturated rings. The molecular formula is C18H23ClN2O. The summed E-state index contributed by atoms with van der Waals surface area (Å²) in [5, 5.41) is 14.1. The number of rotatable bonds is 8. The Labute approximate surface area is 137 Å². The number of aliphatic hydroxyl groups excluding tert-OH is 1. The Hall–Kier alpha value is -1.39. The van der Waals surface area contributed by atoms with E-state index in [9.17, 15) is 5.11 Å². The van der Waals surface area contributed by atoms with Gasteiger partial charge in [-0.3, -0.25) is 0 Å². The minimum Gasteiger partial charge on any atom is -0.390 e. The van der Waals surface area contributed by atoms with Gasteiger partial charge in [-0.05, 0) is 42.6 Å². The second-order valence-corrected chi connectivity index (χ2v) is 5.94. The molecule has 0 aromatic heterocycles. The predicted molar refractivity (Wildman–Crippen MR) is 92.2 cm³/mol. The molecule has 2 aromatic rings. The third kappa shape index (κ3) is 5.78. The average Bonchev–Trinajstić information content (AvgIpc) is 2.54. The molecule has 22 heavy (non-hydrogen) atoms. The first kappa shape index (κ1) is 17.0. The fourth-order valence-corrected chi connectivity index (χ4v) is 2.43. The normalized spacial score (nSPS) is 13.8. The highest BCUT2D eigenvalue weighted by atomic mass is 35.5.